The zero-order valence-corrected chi connectivity index (χ0v) is 19.3. The summed E-state index contributed by atoms with van der Waals surface area (Å²) in [5.74, 6) is 5.89. The Hall–Kier alpha value is -2.80. The maximum atomic E-state index is 12.8. The molecule has 0 saturated carbocycles. The van der Waals surface area contributed by atoms with Crippen LogP contribution in [0.5, 0.6) is 0 Å². The van der Waals surface area contributed by atoms with Gasteiger partial charge in [-0.3, -0.25) is 9.78 Å². The Balaban J connectivity index is 1.44. The van der Waals surface area contributed by atoms with Gasteiger partial charge in [-0.25, -0.2) is 13.8 Å². The number of amides is 1. The van der Waals surface area contributed by atoms with Gasteiger partial charge in [0.25, 0.3) is 12.3 Å². The van der Waals surface area contributed by atoms with Gasteiger partial charge in [-0.15, -0.1) is 11.3 Å². The van der Waals surface area contributed by atoms with Crippen LogP contribution in [0.3, 0.4) is 0 Å². The molecule has 4 rings (SSSR count). The van der Waals surface area contributed by atoms with Gasteiger partial charge in [-0.1, -0.05) is 23.4 Å². The van der Waals surface area contributed by atoms with Gasteiger partial charge in [0.2, 0.25) is 0 Å². The summed E-state index contributed by atoms with van der Waals surface area (Å²) in [7, 11) is 1.72. The second kappa shape index (κ2) is 10.00. The summed E-state index contributed by atoms with van der Waals surface area (Å²) < 4.78 is 25.7. The number of piperidine rings is 1. The smallest absolute Gasteiger partial charge is 0.264 e. The van der Waals surface area contributed by atoms with Crippen molar-refractivity contribution < 1.29 is 18.7 Å². The van der Waals surface area contributed by atoms with Crippen LogP contribution in [0, 0.1) is 11.8 Å². The Kier molecular flexibility index (Phi) is 7.08. The number of alkyl halides is 2. The van der Waals surface area contributed by atoms with Gasteiger partial charge in [-0.05, 0) is 31.0 Å². The van der Waals surface area contributed by atoms with Crippen molar-refractivity contribution in [1.29, 1.82) is 0 Å². The van der Waals surface area contributed by atoms with E-state index >= 15 is 0 Å². The van der Waals surface area contributed by atoms with Crippen LogP contribution in [0.15, 0.2) is 29.8 Å². The number of nitrogens with zero attached hydrogens (tertiary/aromatic N) is 4. The van der Waals surface area contributed by atoms with Crippen molar-refractivity contribution in [3.8, 4) is 11.8 Å². The molecule has 33 heavy (non-hydrogen) atoms. The van der Waals surface area contributed by atoms with E-state index in [1.54, 1.807) is 30.3 Å². The zero-order chi connectivity index (χ0) is 23.5. The lowest BCUT2D eigenvalue weighted by atomic mass is 10.0. The van der Waals surface area contributed by atoms with Gasteiger partial charge in [0.15, 0.2) is 0 Å². The first-order valence-electron chi connectivity index (χ1n) is 10.3. The molecular formula is C23H21ClF2N4O2S. The molecule has 0 atom stereocenters. The molecular weight excluding hydrogens is 470 g/mol. The summed E-state index contributed by atoms with van der Waals surface area (Å²) >= 11 is 7.28. The molecule has 172 valence electrons. The van der Waals surface area contributed by atoms with Crippen molar-refractivity contribution in [3.05, 3.63) is 50.8 Å². The van der Waals surface area contributed by atoms with Crippen molar-refractivity contribution in [2.75, 3.05) is 31.6 Å². The lowest BCUT2D eigenvalue weighted by Gasteiger charge is -2.37. The van der Waals surface area contributed by atoms with E-state index in [1.165, 1.54) is 11.4 Å². The van der Waals surface area contributed by atoms with Crippen LogP contribution in [0.25, 0.3) is 11.0 Å². The molecule has 1 aromatic carbocycles. The number of anilines is 1. The Labute approximate surface area is 198 Å². The minimum atomic E-state index is -2.58. The monoisotopic (exact) mass is 490 g/mol. The van der Waals surface area contributed by atoms with E-state index in [4.69, 9.17) is 21.7 Å². The average molecular weight is 491 g/mol. The highest BCUT2D eigenvalue weighted by molar-refractivity contribution is 7.12. The number of fused-ring (bicyclic) bond motifs is 1. The summed E-state index contributed by atoms with van der Waals surface area (Å²) in [5.41, 5.74) is 1.76. The average Bonchev–Trinajstić information content (AvgIpc) is 3.32. The second-order valence-electron chi connectivity index (χ2n) is 7.69. The second-order valence-corrected chi connectivity index (χ2v) is 9.01. The molecule has 0 spiro atoms. The summed E-state index contributed by atoms with van der Waals surface area (Å²) in [4.78, 5) is 26.0. The number of carbonyl (C=O) groups excluding carboxylic acids is 1. The van der Waals surface area contributed by atoms with E-state index < -0.39 is 6.43 Å². The van der Waals surface area contributed by atoms with Crippen LogP contribution in [0.4, 0.5) is 14.6 Å². The lowest BCUT2D eigenvalue weighted by molar-refractivity contribution is 0.0714. The van der Waals surface area contributed by atoms with Crippen molar-refractivity contribution >= 4 is 45.7 Å². The number of aliphatic hydroxyl groups excluding tert-OH is 1. The number of halogens is 3. The molecule has 1 aliphatic rings. The van der Waals surface area contributed by atoms with E-state index in [2.05, 4.69) is 21.7 Å². The fraction of sp³-hybridized carbons (Fsp3) is 0.348. The highest BCUT2D eigenvalue weighted by Crippen LogP contribution is 2.28. The highest BCUT2D eigenvalue weighted by Gasteiger charge is 2.28. The molecule has 10 heteroatoms. The number of benzene rings is 1. The highest BCUT2D eigenvalue weighted by atomic mass is 35.5. The predicted octanol–water partition coefficient (Wildman–Crippen LogP) is 4.37. The Morgan fingerprint density at radius 3 is 2.76 bits per heavy atom. The van der Waals surface area contributed by atoms with Crippen LogP contribution in [-0.4, -0.2) is 58.7 Å². The minimum absolute atomic E-state index is 0.0124. The maximum Gasteiger partial charge on any atom is 0.264 e. The fourth-order valence-electron chi connectivity index (χ4n) is 3.81. The zero-order valence-electron chi connectivity index (χ0n) is 17.8. The first-order chi connectivity index (χ1) is 15.9. The third-order valence-corrected chi connectivity index (χ3v) is 6.91. The van der Waals surface area contributed by atoms with Crippen molar-refractivity contribution in [2.45, 2.75) is 25.3 Å². The topological polar surface area (TPSA) is 69.6 Å². The molecule has 1 N–H and O–H groups in total. The van der Waals surface area contributed by atoms with Gasteiger partial charge < -0.3 is 14.9 Å². The number of carbonyl (C=O) groups is 1. The largest absolute Gasteiger partial charge is 0.384 e. The third kappa shape index (κ3) is 5.08. The summed E-state index contributed by atoms with van der Waals surface area (Å²) in [5, 5.41) is 10.7. The fourth-order valence-corrected chi connectivity index (χ4v) is 4.89. The summed E-state index contributed by atoms with van der Waals surface area (Å²) in [6.07, 6.45) is 0.573. The third-order valence-electron chi connectivity index (χ3n) is 5.66. The van der Waals surface area contributed by atoms with Gasteiger partial charge in [-0.2, -0.15) is 0 Å². The van der Waals surface area contributed by atoms with Crippen LogP contribution in [0.2, 0.25) is 5.02 Å². The van der Waals surface area contributed by atoms with E-state index in [0.717, 1.165) is 30.0 Å². The summed E-state index contributed by atoms with van der Waals surface area (Å²) in [6.45, 7) is 1.10. The maximum absolute atomic E-state index is 12.8. The Morgan fingerprint density at radius 1 is 1.33 bits per heavy atom. The molecule has 1 amide bonds. The lowest BCUT2D eigenvalue weighted by Crippen LogP contribution is -2.45. The molecule has 3 heterocycles. The van der Waals surface area contributed by atoms with Crippen LogP contribution in [-0.2, 0) is 0 Å². The Morgan fingerprint density at radius 2 is 2.09 bits per heavy atom. The molecule has 1 fully saturated rings. The predicted molar refractivity (Wildman–Crippen MR) is 125 cm³/mol. The molecule has 1 saturated heterocycles. The molecule has 6 nitrogen and oxygen atoms in total. The summed E-state index contributed by atoms with van der Waals surface area (Å²) in [6, 6.07) is 4.74. The number of thiophene rings is 1. The molecule has 0 unspecified atom stereocenters. The number of aliphatic hydroxyl groups is 1. The number of aromatic nitrogens is 2. The molecule has 0 radical (unpaired) electrons. The minimum Gasteiger partial charge on any atom is -0.384 e. The molecule has 3 aromatic rings. The first kappa shape index (κ1) is 23.4. The van der Waals surface area contributed by atoms with Crippen molar-refractivity contribution in [2.24, 2.45) is 0 Å². The van der Waals surface area contributed by atoms with Crippen molar-refractivity contribution in [3.63, 3.8) is 0 Å². The molecule has 1 aliphatic heterocycles. The van der Waals surface area contributed by atoms with E-state index in [0.29, 0.717) is 39.6 Å². The number of hydrogen-bond acceptors (Lipinski definition) is 6. The SMILES string of the molecule is CN(C(=O)c1cc(C(F)F)cs1)C1CCN(c2cnc3cc(Cl)c(C#CCO)cc3n2)CC1. The van der Waals surface area contributed by atoms with Crippen molar-refractivity contribution in [1.82, 2.24) is 14.9 Å². The quantitative estimate of drug-likeness (QED) is 0.550. The van der Waals surface area contributed by atoms with E-state index in [-0.39, 0.29) is 24.1 Å². The van der Waals surface area contributed by atoms with Crippen LogP contribution in [0.1, 0.15) is 40.1 Å². The molecule has 0 bridgehead atoms. The molecule has 2 aromatic heterocycles. The number of hydrogen-bond donors (Lipinski definition) is 1. The van der Waals surface area contributed by atoms with Crippen LogP contribution < -0.4 is 4.90 Å². The normalized spacial score (nSPS) is 14.4. The number of rotatable bonds is 4. The van der Waals surface area contributed by atoms with Gasteiger partial charge >= 0.3 is 0 Å². The van der Waals surface area contributed by atoms with Gasteiger partial charge in [0.05, 0.1) is 27.1 Å². The van der Waals surface area contributed by atoms with Gasteiger partial charge in [0.1, 0.15) is 12.4 Å². The Bertz CT molecular complexity index is 1230. The molecule has 0 aliphatic carbocycles. The van der Waals surface area contributed by atoms with E-state index in [9.17, 15) is 13.6 Å². The van der Waals surface area contributed by atoms with Gasteiger partial charge in [0, 0.05) is 42.7 Å². The van der Waals surface area contributed by atoms with E-state index in [1.807, 2.05) is 0 Å². The van der Waals surface area contributed by atoms with Crippen LogP contribution >= 0.6 is 22.9 Å². The first-order valence-corrected chi connectivity index (χ1v) is 11.6. The standard InChI is InChI=1S/C23H21ClF2N4O2S/c1-29(23(32)20-10-15(13-33-20)22(25)26)16-4-6-30(7-5-16)21-12-27-18-11-17(24)14(3-2-8-31)9-19(18)28-21/h9-13,16,22,31H,4-8H2,1H3.